The number of hydrogen-bond acceptors (Lipinski definition) is 5. The Hall–Kier alpha value is -2.17. The molecule has 2 heterocycles. The number of hydrogen-bond donors (Lipinski definition) is 3. The van der Waals surface area contributed by atoms with Gasteiger partial charge in [0.05, 0.1) is 9.77 Å². The van der Waals surface area contributed by atoms with Crippen LogP contribution in [0.4, 0.5) is 0 Å². The molecule has 2 aromatic rings. The summed E-state index contributed by atoms with van der Waals surface area (Å²) in [6, 6.07) is 4.92. The van der Waals surface area contributed by atoms with E-state index in [0.717, 1.165) is 12.8 Å². The summed E-state index contributed by atoms with van der Waals surface area (Å²) in [4.78, 5) is 31.3. The molecule has 1 atom stereocenters. The van der Waals surface area contributed by atoms with Gasteiger partial charge in [-0.25, -0.2) is 13.6 Å². The summed E-state index contributed by atoms with van der Waals surface area (Å²) in [6.45, 7) is 8.62. The van der Waals surface area contributed by atoms with Crippen LogP contribution in [0.2, 0.25) is 0 Å². The predicted octanol–water partition coefficient (Wildman–Crippen LogP) is 2.98. The second kappa shape index (κ2) is 9.97. The molecule has 172 valence electrons. The number of amides is 2. The molecule has 0 saturated heterocycles. The Morgan fingerprint density at radius 3 is 2.52 bits per heavy atom. The molecule has 0 aromatic carbocycles. The van der Waals surface area contributed by atoms with E-state index in [2.05, 4.69) is 17.2 Å². The Bertz CT molecular complexity index is 1020. The van der Waals surface area contributed by atoms with Gasteiger partial charge >= 0.3 is 0 Å². The van der Waals surface area contributed by atoms with E-state index >= 15 is 0 Å². The number of thiophene rings is 1. The van der Waals surface area contributed by atoms with E-state index < -0.39 is 10.0 Å². The molecular formula is C21H32N4O4S2. The van der Waals surface area contributed by atoms with E-state index in [9.17, 15) is 18.0 Å². The summed E-state index contributed by atoms with van der Waals surface area (Å²) in [7, 11) is -2.24. The lowest BCUT2D eigenvalue weighted by molar-refractivity contribution is 0.0769. The van der Waals surface area contributed by atoms with Crippen LogP contribution in [0.5, 0.6) is 0 Å². The fraction of sp³-hybridized carbons (Fsp3) is 0.524. The van der Waals surface area contributed by atoms with Crippen molar-refractivity contribution in [2.75, 3.05) is 13.6 Å². The number of carbonyl (C=O) groups excluding carboxylic acids is 2. The minimum atomic E-state index is -3.88. The van der Waals surface area contributed by atoms with Gasteiger partial charge in [-0.1, -0.05) is 34.1 Å². The molecule has 0 aliphatic rings. The SMILES string of the molecule is CCCc1ccc(C(=O)NC(CCN(C)C(=O)c2cc(S(N)(=O)=O)c[nH]2)C(C)(C)C)s1. The van der Waals surface area contributed by atoms with E-state index in [1.54, 1.807) is 7.05 Å². The molecule has 1 unspecified atom stereocenters. The highest BCUT2D eigenvalue weighted by molar-refractivity contribution is 7.89. The summed E-state index contributed by atoms with van der Waals surface area (Å²) < 4.78 is 22.8. The third-order valence-electron chi connectivity index (χ3n) is 5.05. The van der Waals surface area contributed by atoms with E-state index in [0.29, 0.717) is 17.8 Å². The van der Waals surface area contributed by atoms with Gasteiger partial charge in [0.2, 0.25) is 10.0 Å². The molecule has 2 rings (SSSR count). The van der Waals surface area contributed by atoms with Crippen molar-refractivity contribution in [1.82, 2.24) is 15.2 Å². The Balaban J connectivity index is 2.03. The largest absolute Gasteiger partial charge is 0.356 e. The van der Waals surface area contributed by atoms with Crippen LogP contribution in [0.1, 0.15) is 65.6 Å². The van der Waals surface area contributed by atoms with Crippen molar-refractivity contribution in [2.24, 2.45) is 10.6 Å². The number of rotatable bonds is 9. The third-order valence-corrected chi connectivity index (χ3v) is 7.08. The number of aromatic amines is 1. The third kappa shape index (κ3) is 6.91. The maximum absolute atomic E-state index is 12.8. The summed E-state index contributed by atoms with van der Waals surface area (Å²) in [5, 5.41) is 8.21. The molecule has 0 fully saturated rings. The van der Waals surface area contributed by atoms with Crippen molar-refractivity contribution >= 4 is 33.2 Å². The van der Waals surface area contributed by atoms with Crippen molar-refractivity contribution in [3.05, 3.63) is 39.8 Å². The molecule has 31 heavy (non-hydrogen) atoms. The van der Waals surface area contributed by atoms with Gasteiger partial charge in [-0.3, -0.25) is 9.59 Å². The number of primary sulfonamides is 1. The zero-order valence-electron chi connectivity index (χ0n) is 18.7. The van der Waals surface area contributed by atoms with Gasteiger partial charge in [0, 0.05) is 30.7 Å². The van der Waals surface area contributed by atoms with Crippen LogP contribution < -0.4 is 10.5 Å². The summed E-state index contributed by atoms with van der Waals surface area (Å²) >= 11 is 1.51. The fourth-order valence-corrected chi connectivity index (χ4v) is 4.64. The molecule has 2 amide bonds. The highest BCUT2D eigenvalue weighted by Gasteiger charge is 2.28. The number of nitrogens with zero attached hydrogens (tertiary/aromatic N) is 1. The molecule has 0 aliphatic carbocycles. The van der Waals surface area contributed by atoms with Gasteiger partial charge in [-0.2, -0.15) is 0 Å². The lowest BCUT2D eigenvalue weighted by Crippen LogP contribution is -2.45. The quantitative estimate of drug-likeness (QED) is 0.523. The molecule has 10 heteroatoms. The first kappa shape index (κ1) is 25.1. The zero-order chi connectivity index (χ0) is 23.4. The van der Waals surface area contributed by atoms with Crippen LogP contribution in [0.15, 0.2) is 29.3 Å². The Morgan fingerprint density at radius 2 is 1.97 bits per heavy atom. The molecule has 0 aliphatic heterocycles. The molecule has 4 N–H and O–H groups in total. The first-order valence-corrected chi connectivity index (χ1v) is 12.6. The van der Waals surface area contributed by atoms with E-state index in [1.807, 2.05) is 32.9 Å². The van der Waals surface area contributed by atoms with E-state index in [1.165, 1.54) is 33.4 Å². The van der Waals surface area contributed by atoms with Gasteiger partial charge in [-0.15, -0.1) is 11.3 Å². The first-order valence-electron chi connectivity index (χ1n) is 10.2. The summed E-state index contributed by atoms with van der Waals surface area (Å²) in [5.74, 6) is -0.459. The molecule has 0 saturated carbocycles. The van der Waals surface area contributed by atoms with Crippen molar-refractivity contribution < 1.29 is 18.0 Å². The van der Waals surface area contributed by atoms with Gasteiger partial charge in [0.1, 0.15) is 5.69 Å². The number of aryl methyl sites for hydroxylation is 1. The molecule has 0 bridgehead atoms. The van der Waals surface area contributed by atoms with Crippen LogP contribution >= 0.6 is 11.3 Å². The standard InChI is InChI=1S/C21H32N4O4S2/c1-6-7-14-8-9-17(30-14)19(26)24-18(21(2,3)4)10-11-25(5)20(27)16-12-15(13-23-16)31(22,28)29/h8-9,12-13,18,23H,6-7,10-11H2,1-5H3,(H,24,26)(H2,22,28,29). The van der Waals surface area contributed by atoms with E-state index in [-0.39, 0.29) is 33.9 Å². The first-order chi connectivity index (χ1) is 14.3. The fourth-order valence-electron chi connectivity index (χ4n) is 3.12. The number of carbonyl (C=O) groups is 2. The van der Waals surface area contributed by atoms with Crippen LogP contribution in [0.3, 0.4) is 0 Å². The number of nitrogens with one attached hydrogen (secondary N) is 2. The van der Waals surface area contributed by atoms with Crippen molar-refractivity contribution in [1.29, 1.82) is 0 Å². The average Bonchev–Trinajstić information content (AvgIpc) is 3.32. The minimum Gasteiger partial charge on any atom is -0.356 e. The normalized spacial score (nSPS) is 13.1. The van der Waals surface area contributed by atoms with Crippen LogP contribution in [0, 0.1) is 5.41 Å². The number of H-pyrrole nitrogens is 1. The highest BCUT2D eigenvalue weighted by Crippen LogP contribution is 2.24. The Kier molecular flexibility index (Phi) is 8.07. The molecule has 8 nitrogen and oxygen atoms in total. The summed E-state index contributed by atoms with van der Waals surface area (Å²) in [5.41, 5.74) is -0.0686. The van der Waals surface area contributed by atoms with Gasteiger partial charge in [-0.05, 0) is 36.5 Å². The Labute approximate surface area is 188 Å². The smallest absolute Gasteiger partial charge is 0.270 e. The van der Waals surface area contributed by atoms with Crippen molar-refractivity contribution in [3.8, 4) is 0 Å². The van der Waals surface area contributed by atoms with Gasteiger partial charge in [0.25, 0.3) is 11.8 Å². The molecular weight excluding hydrogens is 436 g/mol. The number of sulfonamides is 1. The molecule has 2 aromatic heterocycles. The number of aromatic nitrogens is 1. The highest BCUT2D eigenvalue weighted by atomic mass is 32.2. The lowest BCUT2D eigenvalue weighted by Gasteiger charge is -2.32. The van der Waals surface area contributed by atoms with Gasteiger partial charge in [0.15, 0.2) is 0 Å². The second-order valence-electron chi connectivity index (χ2n) is 8.72. The van der Waals surface area contributed by atoms with Gasteiger partial charge < -0.3 is 15.2 Å². The maximum Gasteiger partial charge on any atom is 0.270 e. The predicted molar refractivity (Wildman–Crippen MR) is 123 cm³/mol. The monoisotopic (exact) mass is 468 g/mol. The maximum atomic E-state index is 12.8. The molecule has 0 radical (unpaired) electrons. The second-order valence-corrected chi connectivity index (χ2v) is 11.4. The van der Waals surface area contributed by atoms with Crippen LogP contribution in [-0.2, 0) is 16.4 Å². The zero-order valence-corrected chi connectivity index (χ0v) is 20.3. The van der Waals surface area contributed by atoms with Crippen LogP contribution in [0.25, 0.3) is 0 Å². The number of nitrogens with two attached hydrogens (primary N) is 1. The Morgan fingerprint density at radius 1 is 1.29 bits per heavy atom. The topological polar surface area (TPSA) is 125 Å². The van der Waals surface area contributed by atoms with Crippen molar-refractivity contribution in [3.63, 3.8) is 0 Å². The van der Waals surface area contributed by atoms with E-state index in [4.69, 9.17) is 5.14 Å². The lowest BCUT2D eigenvalue weighted by atomic mass is 9.84. The van der Waals surface area contributed by atoms with Crippen LogP contribution in [-0.4, -0.2) is 49.8 Å². The summed E-state index contributed by atoms with van der Waals surface area (Å²) in [6.07, 6.45) is 3.74. The molecule has 0 spiro atoms. The van der Waals surface area contributed by atoms with Crippen molar-refractivity contribution in [2.45, 2.75) is 57.9 Å². The minimum absolute atomic E-state index is 0.108. The average molecular weight is 469 g/mol.